The zero-order chi connectivity index (χ0) is 16.5. The van der Waals surface area contributed by atoms with Gasteiger partial charge in [0.15, 0.2) is 0 Å². The first-order valence-electron chi connectivity index (χ1n) is 8.39. The molecule has 0 bridgehead atoms. The molecule has 0 saturated carbocycles. The van der Waals surface area contributed by atoms with Gasteiger partial charge in [0.25, 0.3) is 0 Å². The molecule has 130 valence electrons. The molecule has 0 aromatic rings. The smallest absolute Gasteiger partial charge is 1.00 e. The minimum atomic E-state index is -2.10. The first-order chi connectivity index (χ1) is 11.8. The molecule has 0 amide bonds. The molecule has 0 atom stereocenters. The van der Waals surface area contributed by atoms with Crippen molar-refractivity contribution >= 4 is 12.1 Å². The minimum Gasteiger partial charge on any atom is -1.00 e. The molecule has 0 aromatic carbocycles. The molecule has 0 fully saturated rings. The van der Waals surface area contributed by atoms with Crippen molar-refractivity contribution in [1.82, 2.24) is 0 Å². The van der Waals surface area contributed by atoms with Crippen LogP contribution in [0.3, 0.4) is 0 Å². The van der Waals surface area contributed by atoms with Crippen LogP contribution in [0.2, 0.25) is 13.1 Å². The number of rotatable bonds is 2. The van der Waals surface area contributed by atoms with Crippen molar-refractivity contribution in [2.75, 3.05) is 0 Å². The maximum absolute atomic E-state index is 2.52. The van der Waals surface area contributed by atoms with E-state index >= 15 is 0 Å². The van der Waals surface area contributed by atoms with E-state index in [1.165, 1.54) is 22.3 Å². The molecule has 26 heavy (non-hydrogen) atoms. The fourth-order valence-electron chi connectivity index (χ4n) is 3.55. The van der Waals surface area contributed by atoms with Gasteiger partial charge >= 0.3 is 152 Å². The second-order valence-corrected chi connectivity index (χ2v) is 29.9. The average Bonchev–Trinajstić information content (AvgIpc) is 2.94. The summed E-state index contributed by atoms with van der Waals surface area (Å²) in [7, 11) is 0. The van der Waals surface area contributed by atoms with Gasteiger partial charge in [0.1, 0.15) is 0 Å². The van der Waals surface area contributed by atoms with Crippen molar-refractivity contribution in [3.05, 3.63) is 84.9 Å². The summed E-state index contributed by atoms with van der Waals surface area (Å²) in [5.74, 6) is 0. The van der Waals surface area contributed by atoms with Gasteiger partial charge in [-0.15, -0.1) is 0 Å². The van der Waals surface area contributed by atoms with Crippen LogP contribution >= 0.6 is 0 Å². The van der Waals surface area contributed by atoms with E-state index in [9.17, 15) is 0 Å². The van der Waals surface area contributed by atoms with E-state index in [4.69, 9.17) is 0 Å². The molecule has 0 aliphatic heterocycles. The van der Waals surface area contributed by atoms with Crippen molar-refractivity contribution in [2.24, 2.45) is 0 Å². The first-order valence-corrected chi connectivity index (χ1v) is 19.9. The minimum absolute atomic E-state index is 0. The maximum atomic E-state index is 2.52. The molecule has 0 aromatic heterocycles. The Balaban J connectivity index is 0.00000121. The van der Waals surface area contributed by atoms with Gasteiger partial charge in [-0.25, -0.2) is 0 Å². The van der Waals surface area contributed by atoms with Gasteiger partial charge in [-0.05, 0) is 0 Å². The summed E-state index contributed by atoms with van der Waals surface area (Å²) in [6, 6.07) is 31.6. The number of hydrogen-bond donors (Lipinski definition) is 0. The van der Waals surface area contributed by atoms with Gasteiger partial charge in [-0.2, -0.15) is 0 Å². The van der Waals surface area contributed by atoms with Gasteiger partial charge in [0, 0.05) is 0 Å². The van der Waals surface area contributed by atoms with Gasteiger partial charge in [-0.3, -0.25) is 0 Å². The Morgan fingerprint density at radius 2 is 0.962 bits per heavy atom. The third-order valence-corrected chi connectivity index (χ3v) is 27.8. The summed E-state index contributed by atoms with van der Waals surface area (Å²) in [5.41, 5.74) is 5.43. The number of hydrogen-bond acceptors (Lipinski definition) is 0. The predicted octanol–water partition coefficient (Wildman–Crippen LogP) is -1.28. The molecule has 0 spiro atoms. The topological polar surface area (TPSA) is 0 Å². The van der Waals surface area contributed by atoms with Crippen molar-refractivity contribution in [2.45, 2.75) is 13.1 Å². The summed E-state index contributed by atoms with van der Waals surface area (Å²) in [4.78, 5) is 0. The van der Waals surface area contributed by atoms with Crippen LogP contribution in [0.5, 0.6) is 0 Å². The SMILES string of the molecule is C[Si](C)=[Hf+2]([c]1ccc2cccccc1-2)[c]1ccc2cccccc1-2.[Cl-].[Cl-]. The largest absolute Gasteiger partial charge is 1.00 e. The quantitative estimate of drug-likeness (QED) is 0.268. The van der Waals surface area contributed by atoms with Crippen molar-refractivity contribution in [1.29, 1.82) is 0 Å². The van der Waals surface area contributed by atoms with E-state index < -0.39 is 20.1 Å². The zero-order valence-corrected chi connectivity index (χ0v) is 20.9. The van der Waals surface area contributed by atoms with Crippen molar-refractivity contribution < 1.29 is 44.9 Å². The molecule has 0 radical (unpaired) electrons. The zero-order valence-electron chi connectivity index (χ0n) is 14.8. The molecule has 4 aliphatic carbocycles. The van der Waals surface area contributed by atoms with Crippen LogP contribution < -0.4 is 31.5 Å². The second kappa shape index (κ2) is 9.32. The molecule has 0 heterocycles. The monoisotopic (exact) mass is 562 g/mol. The molecule has 4 aliphatic rings. The van der Waals surface area contributed by atoms with Gasteiger partial charge in [0.05, 0.1) is 0 Å². The van der Waals surface area contributed by atoms with E-state index in [1.807, 2.05) is 0 Å². The van der Waals surface area contributed by atoms with Crippen molar-refractivity contribution in [3.8, 4) is 22.3 Å². The summed E-state index contributed by atoms with van der Waals surface area (Å²) in [6.45, 7) is 5.05. The Bertz CT molecular complexity index is 918. The van der Waals surface area contributed by atoms with Crippen LogP contribution in [0.1, 0.15) is 0 Å². The van der Waals surface area contributed by atoms with Gasteiger partial charge < -0.3 is 24.8 Å². The summed E-state index contributed by atoms with van der Waals surface area (Å²) in [6.07, 6.45) is 0. The van der Waals surface area contributed by atoms with Crippen LogP contribution in [-0.2, 0) is 20.1 Å². The maximum Gasteiger partial charge on any atom is -1.00 e. The van der Waals surface area contributed by atoms with Crippen LogP contribution in [0.15, 0.2) is 84.9 Å². The Labute approximate surface area is 176 Å². The summed E-state index contributed by atoms with van der Waals surface area (Å²) < 4.78 is 3.40. The van der Waals surface area contributed by atoms with E-state index in [2.05, 4.69) is 98.0 Å². The normalized spacial score (nSPS) is 9.73. The molecular weight excluding hydrogens is 542 g/mol. The Hall–Kier alpha value is -0.933. The van der Waals surface area contributed by atoms with Crippen LogP contribution in [-0.4, -0.2) is 5.49 Å². The van der Waals surface area contributed by atoms with Crippen molar-refractivity contribution in [3.63, 3.8) is 0 Å². The molecule has 0 unspecified atom stereocenters. The molecule has 4 rings (SSSR count). The number of fused-ring (bicyclic) bond motifs is 2. The van der Waals surface area contributed by atoms with Gasteiger partial charge in [0.2, 0.25) is 0 Å². The van der Waals surface area contributed by atoms with Crippen LogP contribution in [0.4, 0.5) is 0 Å². The summed E-state index contributed by atoms with van der Waals surface area (Å²) in [5, 5.41) is 0. The standard InChI is InChI=1S/2C10H7.C2H6Si.2ClH.Hf/c2*1-2-5-9-7-4-8-10(9)6-3-1;1-3-2;;;/h2*1-7H;1-2H3;2*1H;/q;;;;;+2/p-2. The Kier molecular flexibility index (Phi) is 7.66. The average molecular weight is 562 g/mol. The van der Waals surface area contributed by atoms with E-state index in [1.54, 1.807) is 6.64 Å². The van der Waals surface area contributed by atoms with E-state index in [0.29, 0.717) is 0 Å². The molecule has 0 nitrogen and oxygen atoms in total. The van der Waals surface area contributed by atoms with E-state index in [0.717, 1.165) is 0 Å². The third kappa shape index (κ3) is 3.99. The molecular formula is C22H20Cl2HfSi. The fourth-order valence-corrected chi connectivity index (χ4v) is 26.2. The molecule has 4 heteroatoms. The van der Waals surface area contributed by atoms with E-state index in [-0.39, 0.29) is 30.3 Å². The molecule has 0 saturated heterocycles. The number of halogens is 2. The van der Waals surface area contributed by atoms with Crippen LogP contribution in [0.25, 0.3) is 22.3 Å². The Morgan fingerprint density at radius 3 is 1.38 bits per heavy atom. The second-order valence-electron chi connectivity index (χ2n) is 6.43. The first kappa shape index (κ1) is 21.4. The third-order valence-electron chi connectivity index (χ3n) is 4.62. The molecule has 0 N–H and O–H groups in total. The van der Waals surface area contributed by atoms with Crippen LogP contribution in [0, 0.1) is 0 Å². The predicted molar refractivity (Wildman–Crippen MR) is 103 cm³/mol. The fraction of sp³-hybridized carbons (Fsp3) is 0.0909. The summed E-state index contributed by atoms with van der Waals surface area (Å²) >= 11 is -2.10. The Morgan fingerprint density at radius 1 is 0.538 bits per heavy atom. The van der Waals surface area contributed by atoms with Gasteiger partial charge in [-0.1, -0.05) is 0 Å².